The Hall–Kier alpha value is -2.66. The van der Waals surface area contributed by atoms with Crippen LogP contribution in [-0.2, 0) is 26.0 Å². The van der Waals surface area contributed by atoms with Crippen LogP contribution in [0, 0.1) is 0 Å². The van der Waals surface area contributed by atoms with E-state index in [1.54, 1.807) is 12.1 Å². The maximum Gasteiger partial charge on any atom is 0.251 e. The van der Waals surface area contributed by atoms with Crippen LogP contribution in [0.3, 0.4) is 0 Å². The maximum atomic E-state index is 13.6. The third-order valence-corrected chi connectivity index (χ3v) is 7.78. The summed E-state index contributed by atoms with van der Waals surface area (Å²) in [5.74, 6) is 0.440. The summed E-state index contributed by atoms with van der Waals surface area (Å²) in [6, 6.07) is 12.4. The molecule has 4 rings (SSSR count). The Labute approximate surface area is 200 Å². The number of amides is 1. The van der Waals surface area contributed by atoms with Crippen molar-refractivity contribution in [2.24, 2.45) is 0 Å². The molecule has 2 aromatic rings. The highest BCUT2D eigenvalue weighted by Crippen LogP contribution is 2.30. The molecule has 2 fully saturated rings. The van der Waals surface area contributed by atoms with Crippen molar-refractivity contribution >= 4 is 21.6 Å². The zero-order valence-electron chi connectivity index (χ0n) is 19.4. The lowest BCUT2D eigenvalue weighted by molar-refractivity contribution is 0.0730. The molecule has 0 saturated carbocycles. The second-order valence-corrected chi connectivity index (χ2v) is 9.96. The number of morpholine rings is 2. The van der Waals surface area contributed by atoms with Gasteiger partial charge in [0.05, 0.1) is 38.7 Å². The van der Waals surface area contributed by atoms with Crippen LogP contribution in [-0.4, -0.2) is 77.8 Å². The minimum absolute atomic E-state index is 0.144. The van der Waals surface area contributed by atoms with E-state index in [4.69, 9.17) is 14.2 Å². The average Bonchev–Trinajstić information content (AvgIpc) is 2.89. The first-order valence-electron chi connectivity index (χ1n) is 11.5. The zero-order valence-corrected chi connectivity index (χ0v) is 20.2. The van der Waals surface area contributed by atoms with Gasteiger partial charge in [-0.05, 0) is 42.8 Å². The minimum Gasteiger partial charge on any atom is -0.494 e. The first-order valence-corrected chi connectivity index (χ1v) is 13.0. The van der Waals surface area contributed by atoms with Gasteiger partial charge in [0.2, 0.25) is 10.0 Å². The summed E-state index contributed by atoms with van der Waals surface area (Å²) in [7, 11) is -3.80. The quantitative estimate of drug-likeness (QED) is 0.605. The first kappa shape index (κ1) is 24.5. The van der Waals surface area contributed by atoms with Crippen LogP contribution in [0.4, 0.5) is 5.69 Å². The Morgan fingerprint density at radius 1 is 0.971 bits per heavy atom. The molecule has 10 heteroatoms. The molecule has 9 nitrogen and oxygen atoms in total. The number of nitrogens with zero attached hydrogens (tertiary/aromatic N) is 2. The fraction of sp³-hybridized carbons (Fsp3) is 0.458. The third-order valence-electron chi connectivity index (χ3n) is 5.85. The van der Waals surface area contributed by atoms with E-state index in [9.17, 15) is 13.2 Å². The zero-order chi connectivity index (χ0) is 24.0. The van der Waals surface area contributed by atoms with Gasteiger partial charge >= 0.3 is 0 Å². The smallest absolute Gasteiger partial charge is 0.251 e. The number of benzene rings is 2. The number of sulfonamides is 1. The van der Waals surface area contributed by atoms with Crippen LogP contribution in [0.2, 0.25) is 0 Å². The second kappa shape index (κ2) is 11.2. The third kappa shape index (κ3) is 5.69. The molecule has 0 atom stereocenters. The van der Waals surface area contributed by atoms with E-state index < -0.39 is 10.0 Å². The van der Waals surface area contributed by atoms with Gasteiger partial charge < -0.3 is 24.4 Å². The first-order chi connectivity index (χ1) is 16.5. The molecular weight excluding hydrogens is 458 g/mol. The van der Waals surface area contributed by atoms with Gasteiger partial charge in [-0.1, -0.05) is 12.1 Å². The number of anilines is 1. The lowest BCUT2D eigenvalue weighted by atomic mass is 10.1. The van der Waals surface area contributed by atoms with Crippen LogP contribution in [0.5, 0.6) is 5.75 Å². The largest absolute Gasteiger partial charge is 0.494 e. The van der Waals surface area contributed by atoms with Gasteiger partial charge in [0.25, 0.3) is 5.91 Å². The highest BCUT2D eigenvalue weighted by molar-refractivity contribution is 7.89. The lowest BCUT2D eigenvalue weighted by Crippen LogP contribution is -2.42. The summed E-state index contributed by atoms with van der Waals surface area (Å²) in [5, 5.41) is 2.88. The molecule has 2 aliphatic heterocycles. The van der Waals surface area contributed by atoms with Crippen molar-refractivity contribution in [3.8, 4) is 5.75 Å². The molecule has 2 heterocycles. The molecule has 184 valence electrons. The molecule has 0 radical (unpaired) electrons. The maximum absolute atomic E-state index is 13.6. The fourth-order valence-corrected chi connectivity index (χ4v) is 5.65. The molecule has 34 heavy (non-hydrogen) atoms. The number of rotatable bonds is 8. The highest BCUT2D eigenvalue weighted by atomic mass is 32.2. The number of hydrogen-bond donors (Lipinski definition) is 1. The molecule has 2 aromatic carbocycles. The second-order valence-electron chi connectivity index (χ2n) is 8.06. The van der Waals surface area contributed by atoms with E-state index in [-0.39, 0.29) is 10.8 Å². The van der Waals surface area contributed by atoms with Crippen molar-refractivity contribution < 1.29 is 27.4 Å². The molecule has 0 unspecified atom stereocenters. The van der Waals surface area contributed by atoms with Gasteiger partial charge in [-0.2, -0.15) is 4.31 Å². The van der Waals surface area contributed by atoms with Crippen LogP contribution in [0.15, 0.2) is 47.4 Å². The fourth-order valence-electron chi connectivity index (χ4n) is 4.01. The number of carbonyl (C=O) groups is 1. The van der Waals surface area contributed by atoms with E-state index in [1.807, 2.05) is 36.1 Å². The van der Waals surface area contributed by atoms with Crippen LogP contribution in [0.25, 0.3) is 0 Å². The van der Waals surface area contributed by atoms with Gasteiger partial charge in [0, 0.05) is 38.3 Å². The highest BCUT2D eigenvalue weighted by Gasteiger charge is 2.31. The average molecular weight is 490 g/mol. The lowest BCUT2D eigenvalue weighted by Gasteiger charge is -2.32. The van der Waals surface area contributed by atoms with Crippen molar-refractivity contribution in [3.05, 3.63) is 53.6 Å². The molecular formula is C24H31N3O6S. The molecule has 2 saturated heterocycles. The Morgan fingerprint density at radius 3 is 2.26 bits per heavy atom. The van der Waals surface area contributed by atoms with Crippen molar-refractivity contribution in [1.82, 2.24) is 9.62 Å². The van der Waals surface area contributed by atoms with E-state index in [1.165, 1.54) is 10.4 Å². The standard InChI is InChI=1S/C24H31N3O6S/c1-2-33-21-6-3-19(4-7-21)18-25-24(28)20-5-8-22(26-9-13-31-14-10-26)23(17-20)34(29,30)27-11-15-32-16-12-27/h3-8,17H,2,9-16,18H2,1H3,(H,25,28). The van der Waals surface area contributed by atoms with Crippen molar-refractivity contribution in [2.75, 3.05) is 64.1 Å². The van der Waals surface area contributed by atoms with Crippen molar-refractivity contribution in [2.45, 2.75) is 18.4 Å². The Bertz CT molecular complexity index is 1080. The summed E-state index contributed by atoms with van der Waals surface area (Å²) in [6.45, 7) is 6.37. The topological polar surface area (TPSA) is 97.4 Å². The predicted octanol–water partition coefficient (Wildman–Crippen LogP) is 1.87. The molecule has 1 N–H and O–H groups in total. The Balaban J connectivity index is 1.56. The minimum atomic E-state index is -3.80. The van der Waals surface area contributed by atoms with E-state index in [2.05, 4.69) is 5.32 Å². The number of hydrogen-bond acceptors (Lipinski definition) is 7. The van der Waals surface area contributed by atoms with Crippen LogP contribution < -0.4 is 15.0 Å². The summed E-state index contributed by atoms with van der Waals surface area (Å²) < 4.78 is 44.7. The van der Waals surface area contributed by atoms with Gasteiger partial charge in [-0.3, -0.25) is 4.79 Å². The van der Waals surface area contributed by atoms with Gasteiger partial charge in [-0.15, -0.1) is 0 Å². The summed E-state index contributed by atoms with van der Waals surface area (Å²) in [4.78, 5) is 15.1. The van der Waals surface area contributed by atoms with E-state index >= 15 is 0 Å². The summed E-state index contributed by atoms with van der Waals surface area (Å²) >= 11 is 0. The predicted molar refractivity (Wildman–Crippen MR) is 128 cm³/mol. The number of ether oxygens (including phenoxy) is 3. The number of carbonyl (C=O) groups excluding carboxylic acids is 1. The molecule has 0 bridgehead atoms. The van der Waals surface area contributed by atoms with Gasteiger partial charge in [-0.25, -0.2) is 8.42 Å². The van der Waals surface area contributed by atoms with Crippen LogP contribution in [0.1, 0.15) is 22.8 Å². The molecule has 0 aliphatic carbocycles. The molecule has 2 aliphatic rings. The Kier molecular flexibility index (Phi) is 8.04. The monoisotopic (exact) mass is 489 g/mol. The normalized spacial score (nSPS) is 17.4. The van der Waals surface area contributed by atoms with E-state index in [0.717, 1.165) is 11.3 Å². The molecule has 0 aromatic heterocycles. The van der Waals surface area contributed by atoms with Gasteiger partial charge in [0.1, 0.15) is 10.6 Å². The molecule has 1 amide bonds. The molecule has 0 spiro atoms. The SMILES string of the molecule is CCOc1ccc(CNC(=O)c2ccc(N3CCOCC3)c(S(=O)(=O)N3CCOCC3)c2)cc1. The number of nitrogens with one attached hydrogen (secondary N) is 1. The van der Waals surface area contributed by atoms with Gasteiger partial charge in [0.15, 0.2) is 0 Å². The van der Waals surface area contributed by atoms with Crippen molar-refractivity contribution in [3.63, 3.8) is 0 Å². The van der Waals surface area contributed by atoms with E-state index in [0.29, 0.717) is 77.0 Å². The summed E-state index contributed by atoms with van der Waals surface area (Å²) in [5.41, 5.74) is 1.82. The Morgan fingerprint density at radius 2 is 1.62 bits per heavy atom. The van der Waals surface area contributed by atoms with Crippen molar-refractivity contribution in [1.29, 1.82) is 0 Å². The van der Waals surface area contributed by atoms with Crippen LogP contribution >= 0.6 is 0 Å². The summed E-state index contributed by atoms with van der Waals surface area (Å²) in [6.07, 6.45) is 0.